The molecule has 0 aromatic heterocycles. The Balaban J connectivity index is 1.75. The molecule has 0 atom stereocenters. The molecular formula is C18H15IN2O. The van der Waals surface area contributed by atoms with E-state index in [2.05, 4.69) is 41.0 Å². The summed E-state index contributed by atoms with van der Waals surface area (Å²) >= 11 is 2.04. The van der Waals surface area contributed by atoms with Gasteiger partial charge < -0.3 is 10.6 Å². The van der Waals surface area contributed by atoms with Gasteiger partial charge in [-0.15, -0.1) is 0 Å². The quantitative estimate of drug-likeness (QED) is 0.479. The Morgan fingerprint density at radius 3 is 2.18 bits per heavy atom. The Morgan fingerprint density at radius 2 is 1.45 bits per heavy atom. The van der Waals surface area contributed by atoms with E-state index in [9.17, 15) is 4.79 Å². The summed E-state index contributed by atoms with van der Waals surface area (Å²) in [5.41, 5.74) is 2.84. The number of halogens is 1. The second-order valence-electron chi connectivity index (χ2n) is 4.95. The number of alkyl halides is 1. The van der Waals surface area contributed by atoms with Gasteiger partial charge in [0, 0.05) is 17.1 Å². The van der Waals surface area contributed by atoms with Crippen LogP contribution in [0.3, 0.4) is 0 Å². The molecule has 0 bridgehead atoms. The van der Waals surface area contributed by atoms with Crippen LogP contribution in [0.1, 0.15) is 0 Å². The summed E-state index contributed by atoms with van der Waals surface area (Å²) in [6.07, 6.45) is 0. The highest BCUT2D eigenvalue weighted by Gasteiger charge is 2.01. The average Bonchev–Trinajstić information content (AvgIpc) is 2.56. The van der Waals surface area contributed by atoms with Crippen molar-refractivity contribution in [2.24, 2.45) is 0 Å². The van der Waals surface area contributed by atoms with Crippen molar-refractivity contribution >= 4 is 56.3 Å². The Bertz CT molecular complexity index is 800. The summed E-state index contributed by atoms with van der Waals surface area (Å²) in [7, 11) is 0. The van der Waals surface area contributed by atoms with E-state index in [0.29, 0.717) is 4.43 Å². The summed E-state index contributed by atoms with van der Waals surface area (Å²) in [6.45, 7) is 0. The lowest BCUT2D eigenvalue weighted by Gasteiger charge is -2.09. The second kappa shape index (κ2) is 6.79. The third-order valence-electron chi connectivity index (χ3n) is 3.33. The molecule has 1 amide bonds. The van der Waals surface area contributed by atoms with Gasteiger partial charge in [-0.25, -0.2) is 0 Å². The van der Waals surface area contributed by atoms with Crippen LogP contribution in [0, 0.1) is 0 Å². The first-order valence-corrected chi connectivity index (χ1v) is 8.49. The van der Waals surface area contributed by atoms with Crippen LogP contribution < -0.4 is 10.6 Å². The lowest BCUT2D eigenvalue weighted by Crippen LogP contribution is -2.11. The number of hydrogen-bond acceptors (Lipinski definition) is 2. The van der Waals surface area contributed by atoms with Crippen molar-refractivity contribution in [1.82, 2.24) is 0 Å². The highest BCUT2D eigenvalue weighted by molar-refractivity contribution is 14.1. The third-order valence-corrected chi connectivity index (χ3v) is 4.02. The Morgan fingerprint density at radius 1 is 0.818 bits per heavy atom. The molecule has 0 aliphatic heterocycles. The van der Waals surface area contributed by atoms with Gasteiger partial charge in [-0.05, 0) is 47.2 Å². The fourth-order valence-electron chi connectivity index (χ4n) is 2.27. The van der Waals surface area contributed by atoms with Crippen LogP contribution in [0.25, 0.3) is 10.8 Å². The summed E-state index contributed by atoms with van der Waals surface area (Å²) < 4.78 is 0.453. The summed E-state index contributed by atoms with van der Waals surface area (Å²) in [5.74, 6) is 0.0100. The molecule has 0 aliphatic carbocycles. The molecule has 0 radical (unpaired) electrons. The lowest BCUT2D eigenvalue weighted by atomic mass is 10.1. The number of carbonyl (C=O) groups is 1. The molecule has 0 saturated heterocycles. The zero-order valence-electron chi connectivity index (χ0n) is 11.8. The van der Waals surface area contributed by atoms with E-state index < -0.39 is 0 Å². The highest BCUT2D eigenvalue weighted by Crippen LogP contribution is 2.23. The zero-order chi connectivity index (χ0) is 15.4. The molecule has 0 spiro atoms. The molecule has 0 heterocycles. The van der Waals surface area contributed by atoms with Crippen LogP contribution in [-0.2, 0) is 4.79 Å². The van der Waals surface area contributed by atoms with Gasteiger partial charge in [-0.3, -0.25) is 4.79 Å². The lowest BCUT2D eigenvalue weighted by molar-refractivity contribution is -0.113. The molecule has 3 aromatic carbocycles. The van der Waals surface area contributed by atoms with Crippen molar-refractivity contribution in [2.75, 3.05) is 15.1 Å². The van der Waals surface area contributed by atoms with Gasteiger partial charge >= 0.3 is 0 Å². The number of nitrogens with one attached hydrogen (secondary N) is 2. The minimum atomic E-state index is 0.0100. The molecule has 3 aromatic rings. The van der Waals surface area contributed by atoms with E-state index in [-0.39, 0.29) is 5.91 Å². The van der Waals surface area contributed by atoms with Crippen LogP contribution in [-0.4, -0.2) is 10.3 Å². The first-order chi connectivity index (χ1) is 10.7. The Labute approximate surface area is 142 Å². The van der Waals surface area contributed by atoms with Crippen molar-refractivity contribution in [3.8, 4) is 0 Å². The molecule has 4 heteroatoms. The first-order valence-electron chi connectivity index (χ1n) is 6.96. The van der Waals surface area contributed by atoms with Gasteiger partial charge in [0.05, 0.1) is 4.43 Å². The van der Waals surface area contributed by atoms with E-state index >= 15 is 0 Å². The van der Waals surface area contributed by atoms with Crippen LogP contribution in [0.4, 0.5) is 17.1 Å². The zero-order valence-corrected chi connectivity index (χ0v) is 14.0. The summed E-state index contributed by atoms with van der Waals surface area (Å²) in [5, 5.41) is 8.64. The maximum atomic E-state index is 11.3. The fourth-order valence-corrected chi connectivity index (χ4v) is 2.46. The normalized spacial score (nSPS) is 10.4. The molecule has 110 valence electrons. The van der Waals surface area contributed by atoms with Crippen molar-refractivity contribution in [2.45, 2.75) is 0 Å². The maximum absolute atomic E-state index is 11.3. The molecule has 3 nitrogen and oxygen atoms in total. The highest BCUT2D eigenvalue weighted by atomic mass is 127. The number of hydrogen-bond donors (Lipinski definition) is 2. The largest absolute Gasteiger partial charge is 0.356 e. The molecule has 0 aliphatic rings. The van der Waals surface area contributed by atoms with Crippen molar-refractivity contribution < 1.29 is 4.79 Å². The number of anilines is 3. The third kappa shape index (κ3) is 3.57. The SMILES string of the molecule is O=C(CI)Nc1ccc(Nc2ccc3ccccc3c2)cc1. The van der Waals surface area contributed by atoms with Crippen molar-refractivity contribution in [3.05, 3.63) is 66.7 Å². The molecular weight excluding hydrogens is 387 g/mol. The van der Waals surface area contributed by atoms with Gasteiger partial charge in [0.2, 0.25) is 5.91 Å². The predicted octanol–water partition coefficient (Wildman–Crippen LogP) is 4.96. The minimum Gasteiger partial charge on any atom is -0.356 e. The van der Waals surface area contributed by atoms with E-state index in [4.69, 9.17) is 0 Å². The van der Waals surface area contributed by atoms with Gasteiger partial charge in [-0.1, -0.05) is 52.9 Å². The molecule has 0 unspecified atom stereocenters. The van der Waals surface area contributed by atoms with E-state index in [1.165, 1.54) is 10.8 Å². The summed E-state index contributed by atoms with van der Waals surface area (Å²) in [4.78, 5) is 11.3. The standard InChI is InChI=1S/C18H15IN2O/c19-12-18(22)21-16-9-7-15(8-10-16)20-17-6-5-13-3-1-2-4-14(13)11-17/h1-11,20H,12H2,(H,21,22). The molecule has 0 saturated carbocycles. The van der Waals surface area contributed by atoms with E-state index in [0.717, 1.165) is 17.1 Å². The van der Waals surface area contributed by atoms with Crippen LogP contribution in [0.2, 0.25) is 0 Å². The molecule has 2 N–H and O–H groups in total. The smallest absolute Gasteiger partial charge is 0.234 e. The van der Waals surface area contributed by atoms with Crippen LogP contribution in [0.15, 0.2) is 66.7 Å². The monoisotopic (exact) mass is 402 g/mol. The number of fused-ring (bicyclic) bond motifs is 1. The number of benzene rings is 3. The minimum absolute atomic E-state index is 0.0100. The van der Waals surface area contributed by atoms with Crippen LogP contribution in [0.5, 0.6) is 0 Å². The number of amides is 1. The number of carbonyl (C=O) groups excluding carboxylic acids is 1. The van der Waals surface area contributed by atoms with Gasteiger partial charge in [0.1, 0.15) is 0 Å². The van der Waals surface area contributed by atoms with Gasteiger partial charge in [-0.2, -0.15) is 0 Å². The van der Waals surface area contributed by atoms with Gasteiger partial charge in [0.15, 0.2) is 0 Å². The summed E-state index contributed by atoms with van der Waals surface area (Å²) in [6, 6.07) is 22.3. The maximum Gasteiger partial charge on any atom is 0.234 e. The van der Waals surface area contributed by atoms with E-state index in [1.54, 1.807) is 0 Å². The second-order valence-corrected chi connectivity index (χ2v) is 5.71. The van der Waals surface area contributed by atoms with Gasteiger partial charge in [0.25, 0.3) is 0 Å². The van der Waals surface area contributed by atoms with Crippen molar-refractivity contribution in [1.29, 1.82) is 0 Å². The molecule has 22 heavy (non-hydrogen) atoms. The Hall–Kier alpha value is -2.08. The topological polar surface area (TPSA) is 41.1 Å². The fraction of sp³-hybridized carbons (Fsp3) is 0.0556. The average molecular weight is 402 g/mol. The van der Waals surface area contributed by atoms with Crippen molar-refractivity contribution in [3.63, 3.8) is 0 Å². The predicted molar refractivity (Wildman–Crippen MR) is 101 cm³/mol. The molecule has 0 fully saturated rings. The molecule has 3 rings (SSSR count). The van der Waals surface area contributed by atoms with E-state index in [1.807, 2.05) is 59.0 Å². The van der Waals surface area contributed by atoms with Crippen LogP contribution >= 0.6 is 22.6 Å². The number of rotatable bonds is 4. The first kappa shape index (κ1) is 14.8. The Kier molecular flexibility index (Phi) is 4.58.